The van der Waals surface area contributed by atoms with Gasteiger partial charge in [-0.2, -0.15) is 0 Å². The summed E-state index contributed by atoms with van der Waals surface area (Å²) in [5.41, 5.74) is 2.44. The van der Waals surface area contributed by atoms with Crippen LogP contribution in [-0.2, 0) is 9.53 Å². The van der Waals surface area contributed by atoms with Crippen molar-refractivity contribution in [3.63, 3.8) is 0 Å². The van der Waals surface area contributed by atoms with E-state index in [1.807, 2.05) is 72.8 Å². The second kappa shape index (κ2) is 12.9. The van der Waals surface area contributed by atoms with Gasteiger partial charge in [0.2, 0.25) is 5.91 Å². The molecular formula is C29H33N3O4. The lowest BCUT2D eigenvalue weighted by atomic mass is 10.0. The molecule has 7 nitrogen and oxygen atoms in total. The zero-order valence-corrected chi connectivity index (χ0v) is 20.6. The Bertz CT molecular complexity index is 1100. The van der Waals surface area contributed by atoms with Crippen LogP contribution in [0.3, 0.4) is 0 Å². The summed E-state index contributed by atoms with van der Waals surface area (Å²) < 4.78 is 10.8. The second-order valence-corrected chi connectivity index (χ2v) is 8.81. The first-order valence-electron chi connectivity index (χ1n) is 12.3. The molecule has 0 spiro atoms. The molecule has 3 aromatic carbocycles. The average Bonchev–Trinajstić information content (AvgIpc) is 2.94. The summed E-state index contributed by atoms with van der Waals surface area (Å²) in [5.74, 6) is 0.423. The van der Waals surface area contributed by atoms with Gasteiger partial charge >= 0.3 is 0 Å². The smallest absolute Gasteiger partial charge is 0.251 e. The molecule has 7 heteroatoms. The highest BCUT2D eigenvalue weighted by atomic mass is 16.5. The molecule has 1 saturated heterocycles. The molecular weight excluding hydrogens is 454 g/mol. The number of hydrogen-bond donors (Lipinski definition) is 2. The highest BCUT2D eigenvalue weighted by Gasteiger charge is 2.24. The van der Waals surface area contributed by atoms with Gasteiger partial charge < -0.3 is 20.1 Å². The fraction of sp³-hybridized carbons (Fsp3) is 0.310. The predicted octanol–water partition coefficient (Wildman–Crippen LogP) is 3.75. The zero-order chi connectivity index (χ0) is 25.2. The van der Waals surface area contributed by atoms with Crippen LogP contribution >= 0.6 is 0 Å². The third-order valence-corrected chi connectivity index (χ3v) is 6.33. The SMILES string of the molecule is COc1ccc([C@@H](CN2CCOCC2)NC(=O)C[C@H](NC(=O)c2ccccc2)c2ccccc2)cc1. The van der Waals surface area contributed by atoms with Crippen LogP contribution in [-0.4, -0.2) is 56.7 Å². The number of morpholine rings is 1. The minimum Gasteiger partial charge on any atom is -0.497 e. The second-order valence-electron chi connectivity index (χ2n) is 8.81. The van der Waals surface area contributed by atoms with Crippen LogP contribution in [0.1, 0.15) is 40.0 Å². The van der Waals surface area contributed by atoms with Gasteiger partial charge in [0.05, 0.1) is 38.8 Å². The fourth-order valence-electron chi connectivity index (χ4n) is 4.32. The predicted molar refractivity (Wildman–Crippen MR) is 139 cm³/mol. The van der Waals surface area contributed by atoms with Gasteiger partial charge in [0.25, 0.3) is 5.91 Å². The third kappa shape index (κ3) is 7.16. The lowest BCUT2D eigenvalue weighted by Gasteiger charge is -2.31. The summed E-state index contributed by atoms with van der Waals surface area (Å²) in [4.78, 5) is 28.6. The van der Waals surface area contributed by atoms with Gasteiger partial charge in [0, 0.05) is 25.2 Å². The largest absolute Gasteiger partial charge is 0.497 e. The normalized spacial score (nSPS) is 15.5. The standard InChI is InChI=1S/C29H33N3O4/c1-35-25-14-12-23(13-15-25)27(21-32-16-18-36-19-17-32)30-28(33)20-26(22-8-4-2-5-9-22)31-29(34)24-10-6-3-7-11-24/h2-15,26-27H,16-21H2,1H3,(H,30,33)(H,31,34)/t26-,27+/m0/s1. The molecule has 0 aromatic heterocycles. The van der Waals surface area contributed by atoms with Gasteiger partial charge in [-0.15, -0.1) is 0 Å². The number of rotatable bonds is 10. The van der Waals surface area contributed by atoms with E-state index in [1.165, 1.54) is 0 Å². The van der Waals surface area contributed by atoms with Gasteiger partial charge in [0.1, 0.15) is 5.75 Å². The molecule has 0 unspecified atom stereocenters. The highest BCUT2D eigenvalue weighted by molar-refractivity contribution is 5.94. The summed E-state index contributed by atoms with van der Waals surface area (Å²) in [6.45, 7) is 3.69. The Morgan fingerprint density at radius 2 is 1.44 bits per heavy atom. The molecule has 2 atom stereocenters. The zero-order valence-electron chi connectivity index (χ0n) is 20.6. The molecule has 4 rings (SSSR count). The monoisotopic (exact) mass is 487 g/mol. The lowest BCUT2D eigenvalue weighted by Crippen LogP contribution is -2.43. The maximum absolute atomic E-state index is 13.4. The molecule has 2 N–H and O–H groups in total. The van der Waals surface area contributed by atoms with E-state index >= 15 is 0 Å². The number of carbonyl (C=O) groups excluding carboxylic acids is 2. The van der Waals surface area contributed by atoms with Crippen molar-refractivity contribution in [1.29, 1.82) is 0 Å². The van der Waals surface area contributed by atoms with Gasteiger partial charge in [0.15, 0.2) is 0 Å². The molecule has 1 fully saturated rings. The number of nitrogens with zero attached hydrogens (tertiary/aromatic N) is 1. The molecule has 3 aromatic rings. The molecule has 0 radical (unpaired) electrons. The van der Waals surface area contributed by atoms with Crippen LogP contribution in [0.15, 0.2) is 84.9 Å². The van der Waals surface area contributed by atoms with E-state index in [1.54, 1.807) is 19.2 Å². The van der Waals surface area contributed by atoms with Gasteiger partial charge in [-0.3, -0.25) is 14.5 Å². The van der Waals surface area contributed by atoms with E-state index < -0.39 is 6.04 Å². The van der Waals surface area contributed by atoms with Crippen LogP contribution in [0.25, 0.3) is 0 Å². The molecule has 2 amide bonds. The van der Waals surface area contributed by atoms with Gasteiger partial charge in [-0.1, -0.05) is 60.7 Å². The Morgan fingerprint density at radius 3 is 2.08 bits per heavy atom. The number of hydrogen-bond acceptors (Lipinski definition) is 5. The Hall–Kier alpha value is -3.68. The van der Waals surface area contributed by atoms with Crippen LogP contribution < -0.4 is 15.4 Å². The van der Waals surface area contributed by atoms with E-state index in [-0.39, 0.29) is 24.3 Å². The Balaban J connectivity index is 1.49. The van der Waals surface area contributed by atoms with Crippen molar-refractivity contribution in [2.45, 2.75) is 18.5 Å². The highest BCUT2D eigenvalue weighted by Crippen LogP contribution is 2.22. The number of ether oxygens (including phenoxy) is 2. The topological polar surface area (TPSA) is 79.9 Å². The molecule has 0 aliphatic carbocycles. The Labute approximate surface area is 212 Å². The van der Waals surface area contributed by atoms with Crippen molar-refractivity contribution in [2.24, 2.45) is 0 Å². The number of methoxy groups -OCH3 is 1. The molecule has 1 aliphatic heterocycles. The van der Waals surface area contributed by atoms with Crippen molar-refractivity contribution >= 4 is 11.8 Å². The quantitative estimate of drug-likeness (QED) is 0.455. The summed E-state index contributed by atoms with van der Waals surface area (Å²) in [7, 11) is 1.63. The average molecular weight is 488 g/mol. The molecule has 1 heterocycles. The third-order valence-electron chi connectivity index (χ3n) is 6.33. The number of amides is 2. The van der Waals surface area contributed by atoms with E-state index in [0.717, 1.165) is 30.0 Å². The Kier molecular flexibility index (Phi) is 9.08. The number of carbonyl (C=O) groups is 2. The van der Waals surface area contributed by atoms with Gasteiger partial charge in [-0.25, -0.2) is 0 Å². The molecule has 36 heavy (non-hydrogen) atoms. The minimum absolute atomic E-state index is 0.123. The first-order valence-corrected chi connectivity index (χ1v) is 12.3. The fourth-order valence-corrected chi connectivity index (χ4v) is 4.32. The van der Waals surface area contributed by atoms with E-state index in [9.17, 15) is 9.59 Å². The van der Waals surface area contributed by atoms with Crippen LogP contribution in [0.4, 0.5) is 0 Å². The summed E-state index contributed by atoms with van der Waals surface area (Å²) >= 11 is 0. The minimum atomic E-state index is -0.459. The summed E-state index contributed by atoms with van der Waals surface area (Å²) in [6, 6.07) is 25.7. The number of nitrogens with one attached hydrogen (secondary N) is 2. The van der Waals surface area contributed by atoms with E-state index in [0.29, 0.717) is 25.3 Å². The van der Waals surface area contributed by atoms with E-state index in [2.05, 4.69) is 15.5 Å². The van der Waals surface area contributed by atoms with Crippen molar-refractivity contribution < 1.29 is 19.1 Å². The first kappa shape index (κ1) is 25.4. The van der Waals surface area contributed by atoms with Crippen molar-refractivity contribution in [2.75, 3.05) is 40.0 Å². The molecule has 1 aliphatic rings. The molecule has 0 saturated carbocycles. The van der Waals surface area contributed by atoms with E-state index in [4.69, 9.17) is 9.47 Å². The maximum atomic E-state index is 13.4. The lowest BCUT2D eigenvalue weighted by molar-refractivity contribution is -0.122. The van der Waals surface area contributed by atoms with Crippen molar-refractivity contribution in [1.82, 2.24) is 15.5 Å². The molecule has 0 bridgehead atoms. The maximum Gasteiger partial charge on any atom is 0.251 e. The van der Waals surface area contributed by atoms with Gasteiger partial charge in [-0.05, 0) is 35.4 Å². The van der Waals surface area contributed by atoms with Crippen molar-refractivity contribution in [3.05, 3.63) is 102 Å². The van der Waals surface area contributed by atoms with Crippen LogP contribution in [0, 0.1) is 0 Å². The molecule has 188 valence electrons. The van der Waals surface area contributed by atoms with Crippen LogP contribution in [0.2, 0.25) is 0 Å². The van der Waals surface area contributed by atoms with Crippen LogP contribution in [0.5, 0.6) is 5.75 Å². The summed E-state index contributed by atoms with van der Waals surface area (Å²) in [5, 5.41) is 6.26. The first-order chi connectivity index (χ1) is 17.6. The number of benzene rings is 3. The van der Waals surface area contributed by atoms with Crippen molar-refractivity contribution in [3.8, 4) is 5.75 Å². The summed E-state index contributed by atoms with van der Waals surface area (Å²) in [6.07, 6.45) is 0.123. The Morgan fingerprint density at radius 1 is 0.833 bits per heavy atom.